The molecule has 94 valence electrons. The molecule has 2 rings (SSSR count). The summed E-state index contributed by atoms with van der Waals surface area (Å²) in [5.41, 5.74) is 1.16. The molecule has 0 bridgehead atoms. The number of carbonyl (C=O) groups is 1. The summed E-state index contributed by atoms with van der Waals surface area (Å²) >= 11 is 1.03. The highest BCUT2D eigenvalue weighted by Crippen LogP contribution is 2.24. The van der Waals surface area contributed by atoms with Gasteiger partial charge in [0.1, 0.15) is 16.4 Å². The van der Waals surface area contributed by atoms with Gasteiger partial charge in [0.25, 0.3) is 5.91 Å². The fourth-order valence-electron chi connectivity index (χ4n) is 1.46. The maximum Gasteiger partial charge on any atom is 0.265 e. The van der Waals surface area contributed by atoms with Gasteiger partial charge in [-0.25, -0.2) is 4.39 Å². The van der Waals surface area contributed by atoms with Crippen LogP contribution >= 0.6 is 11.5 Å². The third kappa shape index (κ3) is 2.70. The van der Waals surface area contributed by atoms with E-state index in [1.54, 1.807) is 12.1 Å². The van der Waals surface area contributed by atoms with Crippen LogP contribution in [0.3, 0.4) is 0 Å². The quantitative estimate of drug-likeness (QED) is 0.927. The van der Waals surface area contributed by atoms with Crippen LogP contribution in [0.5, 0.6) is 0 Å². The molecule has 1 N–H and O–H groups in total. The molecule has 4 nitrogen and oxygen atoms in total. The summed E-state index contributed by atoms with van der Waals surface area (Å²) in [4.78, 5) is 12.4. The zero-order valence-corrected chi connectivity index (χ0v) is 10.8. The Morgan fingerprint density at radius 1 is 1.33 bits per heavy atom. The fourth-order valence-corrected chi connectivity index (χ4v) is 2.06. The maximum absolute atomic E-state index is 12.8. The van der Waals surface area contributed by atoms with Gasteiger partial charge in [-0.1, -0.05) is 4.49 Å². The van der Waals surface area contributed by atoms with Crippen LogP contribution in [0, 0.1) is 5.82 Å². The summed E-state index contributed by atoms with van der Waals surface area (Å²) in [6.45, 7) is 3.76. The number of hydrogen-bond acceptors (Lipinski definition) is 4. The molecule has 0 unspecified atom stereocenters. The lowest BCUT2D eigenvalue weighted by Crippen LogP contribution is -2.29. The number of carbonyl (C=O) groups excluding carboxylic acids is 1. The van der Waals surface area contributed by atoms with Crippen molar-refractivity contribution in [1.82, 2.24) is 14.9 Å². The van der Waals surface area contributed by atoms with E-state index in [2.05, 4.69) is 14.9 Å². The van der Waals surface area contributed by atoms with Crippen molar-refractivity contribution in [1.29, 1.82) is 0 Å². The smallest absolute Gasteiger partial charge is 0.265 e. The monoisotopic (exact) mass is 265 g/mol. The van der Waals surface area contributed by atoms with E-state index in [1.807, 2.05) is 13.8 Å². The zero-order valence-electron chi connectivity index (χ0n) is 9.98. The van der Waals surface area contributed by atoms with Gasteiger partial charge in [0.2, 0.25) is 0 Å². The zero-order chi connectivity index (χ0) is 13.1. The van der Waals surface area contributed by atoms with Crippen molar-refractivity contribution < 1.29 is 9.18 Å². The van der Waals surface area contributed by atoms with Crippen LogP contribution in [0.15, 0.2) is 24.3 Å². The van der Waals surface area contributed by atoms with Gasteiger partial charge in [0.05, 0.1) is 0 Å². The Morgan fingerprint density at radius 2 is 2.00 bits per heavy atom. The first-order valence-corrected chi connectivity index (χ1v) is 6.24. The summed E-state index contributed by atoms with van der Waals surface area (Å²) < 4.78 is 16.6. The standard InChI is InChI=1S/C12H12FN3OS/c1-7(2)14-12(17)11-10(15-16-18-11)8-3-5-9(13)6-4-8/h3-7H,1-2H3,(H,14,17). The number of rotatable bonds is 3. The molecule has 0 spiro atoms. The Bertz CT molecular complexity index is 551. The Balaban J connectivity index is 2.33. The number of nitrogens with one attached hydrogen (secondary N) is 1. The second kappa shape index (κ2) is 5.22. The van der Waals surface area contributed by atoms with Crippen molar-refractivity contribution in [3.8, 4) is 11.3 Å². The van der Waals surface area contributed by atoms with E-state index in [9.17, 15) is 9.18 Å². The average molecular weight is 265 g/mol. The predicted octanol–water partition coefficient (Wildman–Crippen LogP) is 2.48. The molecule has 0 radical (unpaired) electrons. The average Bonchev–Trinajstić information content (AvgIpc) is 2.78. The van der Waals surface area contributed by atoms with Crippen LogP contribution in [-0.4, -0.2) is 21.5 Å². The van der Waals surface area contributed by atoms with Crippen LogP contribution < -0.4 is 5.32 Å². The van der Waals surface area contributed by atoms with Crippen LogP contribution in [0.25, 0.3) is 11.3 Å². The lowest BCUT2D eigenvalue weighted by Gasteiger charge is -2.07. The Morgan fingerprint density at radius 3 is 2.61 bits per heavy atom. The van der Waals surface area contributed by atoms with Crippen molar-refractivity contribution in [3.63, 3.8) is 0 Å². The fraction of sp³-hybridized carbons (Fsp3) is 0.250. The molecule has 0 aliphatic heterocycles. The van der Waals surface area contributed by atoms with E-state index in [4.69, 9.17) is 0 Å². The van der Waals surface area contributed by atoms with Crippen LogP contribution in [0.2, 0.25) is 0 Å². The summed E-state index contributed by atoms with van der Waals surface area (Å²) in [6.07, 6.45) is 0. The van der Waals surface area contributed by atoms with Crippen molar-refractivity contribution in [2.75, 3.05) is 0 Å². The van der Waals surface area contributed by atoms with Gasteiger partial charge in [-0.05, 0) is 49.6 Å². The molecule has 0 fully saturated rings. The molecule has 0 aliphatic rings. The van der Waals surface area contributed by atoms with Gasteiger partial charge in [-0.2, -0.15) is 0 Å². The first-order valence-electron chi connectivity index (χ1n) is 5.47. The topological polar surface area (TPSA) is 54.9 Å². The first-order chi connectivity index (χ1) is 8.58. The van der Waals surface area contributed by atoms with E-state index in [1.165, 1.54) is 12.1 Å². The van der Waals surface area contributed by atoms with Crippen LogP contribution in [0.1, 0.15) is 23.5 Å². The highest BCUT2D eigenvalue weighted by molar-refractivity contribution is 7.08. The molecule has 1 aromatic carbocycles. The Labute approximate surface area is 108 Å². The van der Waals surface area contributed by atoms with Gasteiger partial charge in [0, 0.05) is 11.6 Å². The van der Waals surface area contributed by atoms with E-state index < -0.39 is 0 Å². The van der Waals surface area contributed by atoms with Crippen molar-refractivity contribution in [2.24, 2.45) is 0 Å². The number of amides is 1. The summed E-state index contributed by atoms with van der Waals surface area (Å²) in [7, 11) is 0. The number of aromatic nitrogens is 2. The Hall–Kier alpha value is -1.82. The number of hydrogen-bond donors (Lipinski definition) is 1. The second-order valence-corrected chi connectivity index (χ2v) is 4.84. The summed E-state index contributed by atoms with van der Waals surface area (Å²) in [5, 5.41) is 6.71. The minimum Gasteiger partial charge on any atom is -0.349 e. The molecule has 1 amide bonds. The molecule has 0 aliphatic carbocycles. The molecule has 1 aromatic heterocycles. The minimum atomic E-state index is -0.324. The molecule has 0 saturated carbocycles. The van der Waals surface area contributed by atoms with E-state index in [0.717, 1.165) is 11.5 Å². The minimum absolute atomic E-state index is 0.0423. The lowest BCUT2D eigenvalue weighted by molar-refractivity contribution is 0.0947. The Kier molecular flexibility index (Phi) is 3.66. The molecule has 6 heteroatoms. The van der Waals surface area contributed by atoms with E-state index in [0.29, 0.717) is 16.1 Å². The lowest BCUT2D eigenvalue weighted by atomic mass is 10.1. The summed E-state index contributed by atoms with van der Waals surface area (Å²) in [6, 6.07) is 5.87. The maximum atomic E-state index is 12.8. The van der Waals surface area contributed by atoms with Gasteiger partial charge in [-0.15, -0.1) is 5.10 Å². The highest BCUT2D eigenvalue weighted by atomic mass is 32.1. The van der Waals surface area contributed by atoms with Crippen LogP contribution in [-0.2, 0) is 0 Å². The van der Waals surface area contributed by atoms with Gasteiger partial charge >= 0.3 is 0 Å². The molecule has 0 saturated heterocycles. The SMILES string of the molecule is CC(C)NC(=O)c1snnc1-c1ccc(F)cc1. The summed E-state index contributed by atoms with van der Waals surface area (Å²) in [5.74, 6) is -0.533. The second-order valence-electron chi connectivity index (χ2n) is 4.09. The van der Waals surface area contributed by atoms with Gasteiger partial charge in [0.15, 0.2) is 0 Å². The normalized spacial score (nSPS) is 10.7. The molecule has 2 aromatic rings. The molecular weight excluding hydrogens is 253 g/mol. The van der Waals surface area contributed by atoms with E-state index >= 15 is 0 Å². The van der Waals surface area contributed by atoms with Crippen molar-refractivity contribution in [2.45, 2.75) is 19.9 Å². The van der Waals surface area contributed by atoms with Crippen molar-refractivity contribution in [3.05, 3.63) is 35.0 Å². The predicted molar refractivity (Wildman–Crippen MR) is 67.9 cm³/mol. The molecular formula is C12H12FN3OS. The largest absolute Gasteiger partial charge is 0.349 e. The first kappa shape index (κ1) is 12.6. The van der Waals surface area contributed by atoms with Crippen molar-refractivity contribution >= 4 is 17.4 Å². The van der Waals surface area contributed by atoms with Gasteiger partial charge < -0.3 is 5.32 Å². The van der Waals surface area contributed by atoms with Crippen LogP contribution in [0.4, 0.5) is 4.39 Å². The van der Waals surface area contributed by atoms with Gasteiger partial charge in [-0.3, -0.25) is 4.79 Å². The molecule has 18 heavy (non-hydrogen) atoms. The number of halogens is 1. The highest BCUT2D eigenvalue weighted by Gasteiger charge is 2.18. The molecule has 0 atom stereocenters. The third-order valence-corrected chi connectivity index (χ3v) is 2.96. The number of nitrogens with zero attached hydrogens (tertiary/aromatic N) is 2. The number of benzene rings is 1. The third-order valence-electron chi connectivity index (χ3n) is 2.23. The molecule has 1 heterocycles. The van der Waals surface area contributed by atoms with E-state index in [-0.39, 0.29) is 17.8 Å².